The van der Waals surface area contributed by atoms with Crippen LogP contribution in [0.4, 0.5) is 0 Å². The van der Waals surface area contributed by atoms with Gasteiger partial charge in [0.1, 0.15) is 36.6 Å². The van der Waals surface area contributed by atoms with E-state index in [0.29, 0.717) is 19.3 Å². The Hall–Kier alpha value is -0.890. The summed E-state index contributed by atoms with van der Waals surface area (Å²) in [6.45, 7) is 5.70. The molecule has 316 valence electrons. The monoisotopic (exact) mass is 762 g/mol. The molecule has 11 nitrogen and oxygen atoms in total. The number of unbranched alkanes of at least 4 members (excludes halogenated alkanes) is 21. The van der Waals surface area contributed by atoms with Gasteiger partial charge in [-0.2, -0.15) is 0 Å². The minimum atomic E-state index is -1.66. The van der Waals surface area contributed by atoms with Gasteiger partial charge in [0, 0.05) is 0 Å². The molecule has 0 radical (unpaired) electrons. The summed E-state index contributed by atoms with van der Waals surface area (Å²) in [7, 11) is 0. The lowest BCUT2D eigenvalue weighted by molar-refractivity contribution is -0.303. The SMILES string of the molecule is CCCCCCCCCCCCCCCCCC(O)C(=O)N[C@@H](CO[C@@H]1O[C@H](CO)[C@@H](O)[C@H](O)[C@H]1O)[C@H](O)[C@H](O)CCCCCCCCCCC(C)C. The van der Waals surface area contributed by atoms with Crippen LogP contribution in [0.5, 0.6) is 0 Å². The van der Waals surface area contributed by atoms with E-state index in [-0.39, 0.29) is 6.42 Å². The van der Waals surface area contributed by atoms with Gasteiger partial charge in [-0.15, -0.1) is 0 Å². The zero-order valence-corrected chi connectivity index (χ0v) is 33.9. The van der Waals surface area contributed by atoms with Crippen molar-refractivity contribution in [1.82, 2.24) is 5.32 Å². The second kappa shape index (κ2) is 32.2. The standard InChI is InChI=1S/C42H83NO10/c1-4-5-6-7-8-9-10-11-12-13-14-15-20-23-26-29-35(46)41(51)43-33(31-52-42-40(50)39(49)38(48)36(30-44)53-42)37(47)34(45)28-25-22-19-17-16-18-21-24-27-32(2)3/h32-40,42,44-50H,4-31H2,1-3H3,(H,43,51)/t33-,34+,35?,36+,37-,38+,39-,40+,42+/m0/s1. The van der Waals surface area contributed by atoms with Gasteiger partial charge in [-0.3, -0.25) is 4.79 Å². The molecule has 53 heavy (non-hydrogen) atoms. The first-order valence-corrected chi connectivity index (χ1v) is 21.8. The maximum absolute atomic E-state index is 13.0. The fourth-order valence-corrected chi connectivity index (χ4v) is 7.15. The molecule has 0 aliphatic carbocycles. The Kier molecular flexibility index (Phi) is 30.5. The Morgan fingerprint density at radius 1 is 0.623 bits per heavy atom. The average molecular weight is 762 g/mol. The Morgan fingerprint density at radius 2 is 1.06 bits per heavy atom. The number of rotatable bonds is 35. The van der Waals surface area contributed by atoms with Crippen LogP contribution in [0.25, 0.3) is 0 Å². The van der Waals surface area contributed by atoms with E-state index >= 15 is 0 Å². The van der Waals surface area contributed by atoms with Gasteiger partial charge >= 0.3 is 0 Å². The first-order chi connectivity index (χ1) is 25.5. The molecule has 0 saturated carbocycles. The number of hydrogen-bond acceptors (Lipinski definition) is 10. The minimum absolute atomic E-state index is 0.265. The topological polar surface area (TPSA) is 189 Å². The van der Waals surface area contributed by atoms with Crippen LogP contribution < -0.4 is 5.32 Å². The molecular formula is C42H83NO10. The van der Waals surface area contributed by atoms with E-state index in [9.17, 15) is 40.5 Å². The average Bonchev–Trinajstić information content (AvgIpc) is 3.14. The van der Waals surface area contributed by atoms with Gasteiger partial charge in [-0.1, -0.05) is 175 Å². The quantitative estimate of drug-likeness (QED) is 0.0346. The normalized spacial score (nSPS) is 22.9. The van der Waals surface area contributed by atoms with Crippen LogP contribution in [0.15, 0.2) is 0 Å². The van der Waals surface area contributed by atoms with Crippen molar-refractivity contribution in [2.45, 2.75) is 243 Å². The summed E-state index contributed by atoms with van der Waals surface area (Å²) in [4.78, 5) is 13.0. The molecule has 1 aliphatic rings. The van der Waals surface area contributed by atoms with Crippen LogP contribution in [0.1, 0.15) is 188 Å². The van der Waals surface area contributed by atoms with Gasteiger partial charge in [-0.05, 0) is 18.8 Å². The fraction of sp³-hybridized carbons (Fsp3) is 0.976. The van der Waals surface area contributed by atoms with Crippen molar-refractivity contribution in [2.24, 2.45) is 5.92 Å². The summed E-state index contributed by atoms with van der Waals surface area (Å²) in [6.07, 6.45) is 17.4. The van der Waals surface area contributed by atoms with Crippen molar-refractivity contribution < 1.29 is 50.0 Å². The molecule has 1 heterocycles. The number of carbonyl (C=O) groups excluding carboxylic acids is 1. The second-order valence-electron chi connectivity index (χ2n) is 16.3. The van der Waals surface area contributed by atoms with Gasteiger partial charge in [0.2, 0.25) is 5.91 Å². The lowest BCUT2D eigenvalue weighted by atomic mass is 9.98. The van der Waals surface area contributed by atoms with Gasteiger partial charge in [0.05, 0.1) is 25.4 Å². The largest absolute Gasteiger partial charge is 0.394 e. The zero-order chi connectivity index (χ0) is 39.3. The highest BCUT2D eigenvalue weighted by molar-refractivity contribution is 5.80. The molecule has 1 aliphatic heterocycles. The van der Waals surface area contributed by atoms with Crippen molar-refractivity contribution in [3.05, 3.63) is 0 Å². The highest BCUT2D eigenvalue weighted by atomic mass is 16.7. The van der Waals surface area contributed by atoms with Gasteiger partial charge < -0.3 is 50.5 Å². The molecular weight excluding hydrogens is 678 g/mol. The van der Waals surface area contributed by atoms with Crippen molar-refractivity contribution in [2.75, 3.05) is 13.2 Å². The molecule has 9 atom stereocenters. The van der Waals surface area contributed by atoms with Crippen molar-refractivity contribution in [3.8, 4) is 0 Å². The molecule has 1 unspecified atom stereocenters. The Labute approximate surface area is 322 Å². The van der Waals surface area contributed by atoms with Crippen molar-refractivity contribution in [1.29, 1.82) is 0 Å². The Morgan fingerprint density at radius 3 is 1.51 bits per heavy atom. The lowest BCUT2D eigenvalue weighted by Crippen LogP contribution is -2.60. The van der Waals surface area contributed by atoms with Crippen LogP contribution in [0, 0.1) is 5.92 Å². The summed E-state index contributed by atoms with van der Waals surface area (Å²) in [5.74, 6) is 0.0510. The van der Waals surface area contributed by atoms with Crippen molar-refractivity contribution >= 4 is 5.91 Å². The zero-order valence-electron chi connectivity index (χ0n) is 33.9. The molecule has 1 rings (SSSR count). The van der Waals surface area contributed by atoms with Gasteiger partial charge in [0.15, 0.2) is 6.29 Å². The van der Waals surface area contributed by atoms with Crippen LogP contribution >= 0.6 is 0 Å². The van der Waals surface area contributed by atoms with Crippen LogP contribution in [-0.4, -0.2) is 110 Å². The summed E-state index contributed by atoms with van der Waals surface area (Å²) >= 11 is 0. The molecule has 0 aromatic carbocycles. The summed E-state index contributed by atoms with van der Waals surface area (Å²) in [6, 6.07) is -1.16. The van der Waals surface area contributed by atoms with Gasteiger partial charge in [-0.25, -0.2) is 0 Å². The first kappa shape index (κ1) is 50.1. The van der Waals surface area contributed by atoms with Crippen LogP contribution in [0.2, 0.25) is 0 Å². The second-order valence-corrected chi connectivity index (χ2v) is 16.3. The first-order valence-electron chi connectivity index (χ1n) is 21.8. The van der Waals surface area contributed by atoms with Crippen LogP contribution in [0.3, 0.4) is 0 Å². The minimum Gasteiger partial charge on any atom is -0.394 e. The third kappa shape index (κ3) is 23.7. The van der Waals surface area contributed by atoms with E-state index in [4.69, 9.17) is 9.47 Å². The predicted molar refractivity (Wildman–Crippen MR) is 210 cm³/mol. The molecule has 1 fully saturated rings. The number of hydrogen-bond donors (Lipinski definition) is 8. The molecule has 0 aromatic rings. The lowest BCUT2D eigenvalue weighted by Gasteiger charge is -2.40. The van der Waals surface area contributed by atoms with E-state index < -0.39 is 74.2 Å². The van der Waals surface area contributed by atoms with E-state index in [1.54, 1.807) is 0 Å². The number of carbonyl (C=O) groups is 1. The smallest absolute Gasteiger partial charge is 0.249 e. The maximum Gasteiger partial charge on any atom is 0.249 e. The molecule has 1 amide bonds. The number of nitrogens with one attached hydrogen (secondary N) is 1. The number of ether oxygens (including phenoxy) is 2. The van der Waals surface area contributed by atoms with E-state index in [2.05, 4.69) is 26.1 Å². The molecule has 11 heteroatoms. The number of aliphatic hydroxyl groups excluding tert-OH is 7. The van der Waals surface area contributed by atoms with Gasteiger partial charge in [0.25, 0.3) is 0 Å². The predicted octanol–water partition coefficient (Wildman–Crippen LogP) is 6.19. The molecule has 0 aromatic heterocycles. The highest BCUT2D eigenvalue weighted by Gasteiger charge is 2.44. The number of aliphatic hydroxyl groups is 7. The summed E-state index contributed by atoms with van der Waals surface area (Å²) in [5, 5.41) is 75.4. The molecule has 1 saturated heterocycles. The molecule has 0 spiro atoms. The van der Waals surface area contributed by atoms with E-state index in [0.717, 1.165) is 44.4 Å². The van der Waals surface area contributed by atoms with E-state index in [1.807, 2.05) is 0 Å². The summed E-state index contributed by atoms with van der Waals surface area (Å²) < 4.78 is 11.1. The summed E-state index contributed by atoms with van der Waals surface area (Å²) in [5.41, 5.74) is 0. The Bertz CT molecular complexity index is 849. The number of amides is 1. The third-order valence-electron chi connectivity index (χ3n) is 10.8. The van der Waals surface area contributed by atoms with Crippen molar-refractivity contribution in [3.63, 3.8) is 0 Å². The maximum atomic E-state index is 13.0. The molecule has 8 N–H and O–H groups in total. The molecule has 0 bridgehead atoms. The van der Waals surface area contributed by atoms with E-state index in [1.165, 1.54) is 103 Å². The van der Waals surface area contributed by atoms with Crippen LogP contribution in [-0.2, 0) is 14.3 Å². The highest BCUT2D eigenvalue weighted by Crippen LogP contribution is 2.23. The fourth-order valence-electron chi connectivity index (χ4n) is 7.15. The third-order valence-corrected chi connectivity index (χ3v) is 10.8. The Balaban J connectivity index is 2.48.